The minimum atomic E-state index is 1.08. The van der Waals surface area contributed by atoms with Gasteiger partial charge in [0.15, 0.2) is 0 Å². The van der Waals surface area contributed by atoms with Gasteiger partial charge in [-0.1, -0.05) is 26.0 Å². The highest BCUT2D eigenvalue weighted by molar-refractivity contribution is 5.80. The molecule has 2 nitrogen and oxygen atoms in total. The van der Waals surface area contributed by atoms with Gasteiger partial charge in [-0.05, 0) is 43.1 Å². The molecule has 92 valence electrons. The average Bonchev–Trinajstić information content (AvgIpc) is 2.73. The summed E-state index contributed by atoms with van der Waals surface area (Å²) in [5.74, 6) is 0. The topological polar surface area (TPSA) is 8.17 Å². The molecule has 0 N–H and O–H groups in total. The summed E-state index contributed by atoms with van der Waals surface area (Å²) in [6.07, 6.45) is 2.20. The van der Waals surface area contributed by atoms with Gasteiger partial charge in [0.25, 0.3) is 0 Å². The van der Waals surface area contributed by atoms with Crippen LogP contribution in [-0.4, -0.2) is 29.1 Å². The van der Waals surface area contributed by atoms with Gasteiger partial charge in [-0.25, -0.2) is 0 Å². The SMILES string of the molecule is CCN(CC)CCn1ccc2ccc(C)cc21. The maximum atomic E-state index is 2.46. The van der Waals surface area contributed by atoms with Crippen LogP contribution in [0.1, 0.15) is 19.4 Å². The first-order chi connectivity index (χ1) is 8.24. The monoisotopic (exact) mass is 230 g/mol. The molecule has 1 heterocycles. The molecule has 0 atom stereocenters. The summed E-state index contributed by atoms with van der Waals surface area (Å²) in [6, 6.07) is 8.87. The Morgan fingerprint density at radius 3 is 2.59 bits per heavy atom. The van der Waals surface area contributed by atoms with Crippen molar-refractivity contribution in [3.05, 3.63) is 36.0 Å². The molecule has 1 aromatic heterocycles. The Balaban J connectivity index is 2.16. The minimum Gasteiger partial charge on any atom is -0.346 e. The van der Waals surface area contributed by atoms with Crippen LogP contribution in [-0.2, 0) is 6.54 Å². The first kappa shape index (κ1) is 12.2. The van der Waals surface area contributed by atoms with Crippen LogP contribution in [0.2, 0.25) is 0 Å². The van der Waals surface area contributed by atoms with E-state index in [-0.39, 0.29) is 0 Å². The number of nitrogens with zero attached hydrogens (tertiary/aromatic N) is 2. The maximum Gasteiger partial charge on any atom is 0.0483 e. The van der Waals surface area contributed by atoms with Crippen molar-refractivity contribution < 1.29 is 0 Å². The molecule has 17 heavy (non-hydrogen) atoms. The van der Waals surface area contributed by atoms with Crippen LogP contribution < -0.4 is 0 Å². The molecule has 1 aromatic carbocycles. The van der Waals surface area contributed by atoms with Crippen molar-refractivity contribution in [3.8, 4) is 0 Å². The van der Waals surface area contributed by atoms with Crippen molar-refractivity contribution in [3.63, 3.8) is 0 Å². The molecule has 0 bridgehead atoms. The summed E-state index contributed by atoms with van der Waals surface area (Å²) < 4.78 is 2.36. The molecule has 2 heteroatoms. The van der Waals surface area contributed by atoms with E-state index < -0.39 is 0 Å². The van der Waals surface area contributed by atoms with E-state index in [1.54, 1.807) is 0 Å². The van der Waals surface area contributed by atoms with E-state index in [1.165, 1.54) is 16.5 Å². The standard InChI is InChI=1S/C15H22N2/c1-4-16(5-2)10-11-17-9-8-14-7-6-13(3)12-15(14)17/h6-9,12H,4-5,10-11H2,1-3H3. The van der Waals surface area contributed by atoms with E-state index in [9.17, 15) is 0 Å². The molecular formula is C15H22N2. The molecule has 0 unspecified atom stereocenters. The Bertz CT molecular complexity index is 481. The number of aryl methyl sites for hydroxylation is 1. The zero-order valence-electron chi connectivity index (χ0n) is 11.1. The lowest BCUT2D eigenvalue weighted by Crippen LogP contribution is -2.26. The highest BCUT2D eigenvalue weighted by Crippen LogP contribution is 2.17. The van der Waals surface area contributed by atoms with E-state index in [2.05, 4.69) is 60.7 Å². The zero-order chi connectivity index (χ0) is 12.3. The Kier molecular flexibility index (Phi) is 3.85. The molecule has 0 saturated heterocycles. The second-order valence-electron chi connectivity index (χ2n) is 4.60. The zero-order valence-corrected chi connectivity index (χ0v) is 11.1. The Morgan fingerprint density at radius 1 is 1.12 bits per heavy atom. The minimum absolute atomic E-state index is 1.08. The number of likely N-dealkylation sites (N-methyl/N-ethyl adjacent to an activating group) is 1. The molecule has 0 spiro atoms. The van der Waals surface area contributed by atoms with E-state index in [1.807, 2.05) is 0 Å². The Hall–Kier alpha value is -1.28. The second-order valence-corrected chi connectivity index (χ2v) is 4.60. The smallest absolute Gasteiger partial charge is 0.0483 e. The van der Waals surface area contributed by atoms with Crippen LogP contribution in [0.15, 0.2) is 30.5 Å². The molecule has 2 aromatic rings. The predicted molar refractivity (Wildman–Crippen MR) is 74.5 cm³/mol. The first-order valence-corrected chi connectivity index (χ1v) is 6.52. The van der Waals surface area contributed by atoms with Gasteiger partial charge in [-0.3, -0.25) is 0 Å². The number of aromatic nitrogens is 1. The van der Waals surface area contributed by atoms with Gasteiger partial charge < -0.3 is 9.47 Å². The van der Waals surface area contributed by atoms with Gasteiger partial charge in [-0.2, -0.15) is 0 Å². The van der Waals surface area contributed by atoms with E-state index in [4.69, 9.17) is 0 Å². The van der Waals surface area contributed by atoms with E-state index in [0.717, 1.165) is 26.2 Å². The van der Waals surface area contributed by atoms with Gasteiger partial charge >= 0.3 is 0 Å². The molecule has 0 radical (unpaired) electrons. The summed E-state index contributed by atoms with van der Waals surface area (Å²) in [4.78, 5) is 2.46. The molecule has 0 aliphatic rings. The van der Waals surface area contributed by atoms with Crippen LogP contribution in [0, 0.1) is 6.92 Å². The third kappa shape index (κ3) is 2.70. The fraction of sp³-hybridized carbons (Fsp3) is 0.467. The van der Waals surface area contributed by atoms with Gasteiger partial charge in [0.05, 0.1) is 0 Å². The van der Waals surface area contributed by atoms with Gasteiger partial charge in [0.2, 0.25) is 0 Å². The van der Waals surface area contributed by atoms with Crippen LogP contribution >= 0.6 is 0 Å². The maximum absolute atomic E-state index is 2.46. The van der Waals surface area contributed by atoms with Crippen LogP contribution in [0.5, 0.6) is 0 Å². The Labute approximate surface area is 104 Å². The summed E-state index contributed by atoms with van der Waals surface area (Å²) in [6.45, 7) is 11.1. The number of rotatable bonds is 5. The molecule has 0 fully saturated rings. The average molecular weight is 230 g/mol. The van der Waals surface area contributed by atoms with Crippen molar-refractivity contribution in [1.82, 2.24) is 9.47 Å². The van der Waals surface area contributed by atoms with Gasteiger partial charge in [-0.15, -0.1) is 0 Å². The largest absolute Gasteiger partial charge is 0.346 e. The van der Waals surface area contributed by atoms with Crippen LogP contribution in [0.3, 0.4) is 0 Å². The van der Waals surface area contributed by atoms with Crippen molar-refractivity contribution in [1.29, 1.82) is 0 Å². The molecule has 0 amide bonds. The normalized spacial score (nSPS) is 11.5. The quantitative estimate of drug-likeness (QED) is 0.765. The summed E-state index contributed by atoms with van der Waals surface area (Å²) >= 11 is 0. The number of fused-ring (bicyclic) bond motifs is 1. The highest BCUT2D eigenvalue weighted by atomic mass is 15.1. The molecular weight excluding hydrogens is 208 g/mol. The summed E-state index contributed by atoms with van der Waals surface area (Å²) in [5.41, 5.74) is 2.69. The van der Waals surface area contributed by atoms with Crippen molar-refractivity contribution in [2.75, 3.05) is 19.6 Å². The fourth-order valence-corrected chi connectivity index (χ4v) is 2.28. The molecule has 2 rings (SSSR count). The lowest BCUT2D eigenvalue weighted by atomic mass is 10.2. The number of hydrogen-bond donors (Lipinski definition) is 0. The lowest BCUT2D eigenvalue weighted by molar-refractivity contribution is 0.292. The molecule has 0 aliphatic carbocycles. The fourth-order valence-electron chi connectivity index (χ4n) is 2.28. The third-order valence-electron chi connectivity index (χ3n) is 3.48. The van der Waals surface area contributed by atoms with E-state index in [0.29, 0.717) is 0 Å². The van der Waals surface area contributed by atoms with Gasteiger partial charge in [0, 0.05) is 24.8 Å². The van der Waals surface area contributed by atoms with Crippen molar-refractivity contribution >= 4 is 10.9 Å². The second kappa shape index (κ2) is 5.37. The third-order valence-corrected chi connectivity index (χ3v) is 3.48. The number of hydrogen-bond acceptors (Lipinski definition) is 1. The molecule has 0 saturated carbocycles. The van der Waals surface area contributed by atoms with Crippen LogP contribution in [0.4, 0.5) is 0 Å². The molecule has 0 aliphatic heterocycles. The summed E-state index contributed by atoms with van der Waals surface area (Å²) in [5, 5.41) is 1.34. The van der Waals surface area contributed by atoms with Crippen molar-refractivity contribution in [2.45, 2.75) is 27.3 Å². The highest BCUT2D eigenvalue weighted by Gasteiger charge is 2.03. The first-order valence-electron chi connectivity index (χ1n) is 6.52. The van der Waals surface area contributed by atoms with Gasteiger partial charge in [0.1, 0.15) is 0 Å². The Morgan fingerprint density at radius 2 is 1.88 bits per heavy atom. The van der Waals surface area contributed by atoms with E-state index >= 15 is 0 Å². The summed E-state index contributed by atoms with van der Waals surface area (Å²) in [7, 11) is 0. The van der Waals surface area contributed by atoms with Crippen LogP contribution in [0.25, 0.3) is 10.9 Å². The lowest BCUT2D eigenvalue weighted by Gasteiger charge is -2.18. The number of benzene rings is 1. The van der Waals surface area contributed by atoms with Crippen molar-refractivity contribution in [2.24, 2.45) is 0 Å². The predicted octanol–water partition coefficient (Wildman–Crippen LogP) is 3.29.